The first-order valence-corrected chi connectivity index (χ1v) is 11.8. The predicted octanol–water partition coefficient (Wildman–Crippen LogP) is 4.85. The summed E-state index contributed by atoms with van der Waals surface area (Å²) in [5.41, 5.74) is -0.299. The number of carboxylic acid groups (broad SMARTS) is 1. The molecule has 6 nitrogen and oxygen atoms in total. The van der Waals surface area contributed by atoms with E-state index in [0.29, 0.717) is 6.42 Å². The minimum atomic E-state index is -1.08. The van der Waals surface area contributed by atoms with E-state index in [9.17, 15) is 19.5 Å². The Morgan fingerprint density at radius 2 is 1.53 bits per heavy atom. The zero-order valence-corrected chi connectivity index (χ0v) is 20.2. The predicted molar refractivity (Wildman–Crippen MR) is 123 cm³/mol. The second kappa shape index (κ2) is 14.6. The van der Waals surface area contributed by atoms with E-state index in [4.69, 9.17) is 0 Å². The van der Waals surface area contributed by atoms with Crippen molar-refractivity contribution in [3.8, 4) is 0 Å². The molecule has 0 rings (SSSR count). The first-order valence-electron chi connectivity index (χ1n) is 11.8. The molecule has 0 aliphatic carbocycles. The molecule has 6 heteroatoms. The molecule has 0 saturated carbocycles. The average Bonchev–Trinajstić information content (AvgIpc) is 2.65. The molecule has 0 radical (unpaired) electrons. The third-order valence-electron chi connectivity index (χ3n) is 5.76. The fourth-order valence-corrected chi connectivity index (χ4v) is 3.62. The lowest BCUT2D eigenvalue weighted by molar-refractivity contribution is -0.142. The molecule has 0 bridgehead atoms. The Morgan fingerprint density at radius 3 is 2.10 bits per heavy atom. The second-order valence-electron chi connectivity index (χ2n) is 9.78. The summed E-state index contributed by atoms with van der Waals surface area (Å²) < 4.78 is 0. The van der Waals surface area contributed by atoms with Crippen molar-refractivity contribution in [2.24, 2.45) is 5.41 Å². The molecule has 0 spiro atoms. The molecule has 0 aliphatic rings. The van der Waals surface area contributed by atoms with Crippen LogP contribution in [-0.4, -0.2) is 40.9 Å². The zero-order valence-electron chi connectivity index (χ0n) is 20.2. The van der Waals surface area contributed by atoms with Crippen LogP contribution in [0, 0.1) is 5.41 Å². The molecule has 3 N–H and O–H groups in total. The van der Waals surface area contributed by atoms with Gasteiger partial charge in [-0.15, -0.1) is 0 Å². The normalized spacial score (nSPS) is 13.1. The lowest BCUT2D eigenvalue weighted by Crippen LogP contribution is -2.41. The Morgan fingerprint density at radius 1 is 0.867 bits per heavy atom. The summed E-state index contributed by atoms with van der Waals surface area (Å²) in [7, 11) is 0. The molecule has 1 atom stereocenters. The number of carbonyl (C=O) groups excluding carboxylic acids is 2. The number of carbonyl (C=O) groups is 3. The third kappa shape index (κ3) is 13.0. The Balaban J connectivity index is 4.18. The van der Waals surface area contributed by atoms with E-state index >= 15 is 0 Å². The Labute approximate surface area is 184 Å². The van der Waals surface area contributed by atoms with Crippen LogP contribution in [0.4, 0.5) is 0 Å². The smallest absolute Gasteiger partial charge is 0.326 e. The van der Waals surface area contributed by atoms with Crippen molar-refractivity contribution in [1.29, 1.82) is 0 Å². The highest BCUT2D eigenvalue weighted by atomic mass is 16.4. The number of rotatable bonds is 18. The second-order valence-corrected chi connectivity index (χ2v) is 9.78. The number of aliphatic carboxylic acids is 1. The average molecular weight is 427 g/mol. The van der Waals surface area contributed by atoms with Crippen LogP contribution in [0.2, 0.25) is 0 Å². The van der Waals surface area contributed by atoms with Gasteiger partial charge < -0.3 is 15.7 Å². The van der Waals surface area contributed by atoms with Gasteiger partial charge in [-0.25, -0.2) is 4.79 Å². The number of ketones is 1. The molecule has 0 aliphatic heterocycles. The molecule has 1 amide bonds. The van der Waals surface area contributed by atoms with Crippen molar-refractivity contribution < 1.29 is 19.5 Å². The molecule has 0 heterocycles. The molecule has 0 saturated heterocycles. The number of hydrogen-bond donors (Lipinski definition) is 3. The highest BCUT2D eigenvalue weighted by Crippen LogP contribution is 2.25. The van der Waals surface area contributed by atoms with Gasteiger partial charge in [0.05, 0.1) is 0 Å². The number of carboxylic acids is 1. The summed E-state index contributed by atoms with van der Waals surface area (Å²) in [5, 5.41) is 15.5. The summed E-state index contributed by atoms with van der Waals surface area (Å²) in [6, 6.07) is -1.00. The van der Waals surface area contributed by atoms with E-state index in [1.807, 2.05) is 20.8 Å². The Hall–Kier alpha value is -1.43. The van der Waals surface area contributed by atoms with E-state index < -0.39 is 17.4 Å². The van der Waals surface area contributed by atoms with Gasteiger partial charge in [-0.2, -0.15) is 0 Å². The molecule has 0 fully saturated rings. The minimum absolute atomic E-state index is 0.0548. The fraction of sp³-hybridized carbons (Fsp3) is 0.875. The van der Waals surface area contributed by atoms with Gasteiger partial charge in [-0.3, -0.25) is 9.59 Å². The maximum absolute atomic E-state index is 12.4. The molecule has 0 aromatic heterocycles. The van der Waals surface area contributed by atoms with Crippen molar-refractivity contribution in [1.82, 2.24) is 10.6 Å². The van der Waals surface area contributed by atoms with Crippen LogP contribution < -0.4 is 10.6 Å². The summed E-state index contributed by atoms with van der Waals surface area (Å²) in [5.74, 6) is -1.28. The van der Waals surface area contributed by atoms with Gasteiger partial charge in [0.1, 0.15) is 11.8 Å². The molecule has 176 valence electrons. The van der Waals surface area contributed by atoms with E-state index in [0.717, 1.165) is 45.1 Å². The fourth-order valence-electron chi connectivity index (χ4n) is 3.62. The molecule has 30 heavy (non-hydrogen) atoms. The molecular formula is C24H46N2O4. The molecule has 0 aromatic rings. The van der Waals surface area contributed by atoms with E-state index in [2.05, 4.69) is 31.4 Å². The summed E-state index contributed by atoms with van der Waals surface area (Å²) >= 11 is 0. The molecule has 0 aromatic carbocycles. The monoisotopic (exact) mass is 426 g/mol. The van der Waals surface area contributed by atoms with Gasteiger partial charge in [0.15, 0.2) is 0 Å². The number of nitrogens with one attached hydrogen (secondary N) is 2. The van der Waals surface area contributed by atoms with E-state index in [1.54, 1.807) is 0 Å². The molecular weight excluding hydrogens is 380 g/mol. The van der Waals surface area contributed by atoms with Gasteiger partial charge in [0, 0.05) is 23.8 Å². The number of amides is 1. The maximum Gasteiger partial charge on any atom is 0.326 e. The first-order chi connectivity index (χ1) is 13.9. The van der Waals surface area contributed by atoms with Crippen molar-refractivity contribution >= 4 is 17.7 Å². The quantitative estimate of drug-likeness (QED) is 0.272. The standard InChI is InChI=1S/C24H46N2O4/c1-7-9-17-24(5,6)25-18-12-10-11-13-21(28)26-19(22(29)30)14-15-20(27)23(3,4)16-8-2/h19,25H,7-18H2,1-6H3,(H,26,28)(H,29,30). The van der Waals surface area contributed by atoms with Crippen LogP contribution in [0.1, 0.15) is 112 Å². The highest BCUT2D eigenvalue weighted by Gasteiger charge is 2.28. The van der Waals surface area contributed by atoms with Crippen molar-refractivity contribution in [2.45, 2.75) is 124 Å². The van der Waals surface area contributed by atoms with Crippen molar-refractivity contribution in [3.63, 3.8) is 0 Å². The van der Waals surface area contributed by atoms with Crippen LogP contribution in [-0.2, 0) is 14.4 Å². The number of hydrogen-bond acceptors (Lipinski definition) is 4. The Kier molecular flexibility index (Phi) is 13.9. The lowest BCUT2D eigenvalue weighted by atomic mass is 9.81. The van der Waals surface area contributed by atoms with E-state index in [1.165, 1.54) is 12.8 Å². The largest absolute Gasteiger partial charge is 0.480 e. The SMILES string of the molecule is CCCCC(C)(C)NCCCCCC(=O)NC(CCC(=O)C(C)(C)CCC)C(=O)O. The van der Waals surface area contributed by atoms with Crippen LogP contribution in [0.25, 0.3) is 0 Å². The van der Waals surface area contributed by atoms with Crippen molar-refractivity contribution in [2.75, 3.05) is 6.54 Å². The van der Waals surface area contributed by atoms with Gasteiger partial charge >= 0.3 is 5.97 Å². The van der Waals surface area contributed by atoms with Gasteiger partial charge in [-0.1, -0.05) is 53.4 Å². The minimum Gasteiger partial charge on any atom is -0.480 e. The maximum atomic E-state index is 12.4. The number of unbranched alkanes of at least 4 members (excludes halogenated alkanes) is 3. The summed E-state index contributed by atoms with van der Waals surface area (Å²) in [4.78, 5) is 36.0. The van der Waals surface area contributed by atoms with Crippen LogP contribution >= 0.6 is 0 Å². The van der Waals surface area contributed by atoms with Crippen molar-refractivity contribution in [3.05, 3.63) is 0 Å². The highest BCUT2D eigenvalue weighted by molar-refractivity contribution is 5.86. The van der Waals surface area contributed by atoms with Gasteiger partial charge in [0.25, 0.3) is 0 Å². The van der Waals surface area contributed by atoms with Crippen LogP contribution in [0.15, 0.2) is 0 Å². The lowest BCUT2D eigenvalue weighted by Gasteiger charge is -2.26. The Bertz CT molecular complexity index is 529. The first kappa shape index (κ1) is 28.6. The van der Waals surface area contributed by atoms with Gasteiger partial charge in [0.2, 0.25) is 5.91 Å². The van der Waals surface area contributed by atoms with Crippen LogP contribution in [0.5, 0.6) is 0 Å². The van der Waals surface area contributed by atoms with Crippen LogP contribution in [0.3, 0.4) is 0 Å². The molecule has 1 unspecified atom stereocenters. The number of Topliss-reactive ketones (excluding diaryl/α,β-unsaturated/α-hetero) is 1. The summed E-state index contributed by atoms with van der Waals surface area (Å²) in [6.45, 7) is 13.4. The zero-order chi connectivity index (χ0) is 23.2. The summed E-state index contributed by atoms with van der Waals surface area (Å²) in [6.07, 6.45) is 8.53. The van der Waals surface area contributed by atoms with E-state index in [-0.39, 0.29) is 30.1 Å². The third-order valence-corrected chi connectivity index (χ3v) is 5.76. The topological polar surface area (TPSA) is 95.5 Å². The van der Waals surface area contributed by atoms with Gasteiger partial charge in [-0.05, 0) is 52.5 Å².